The molecule has 1 aliphatic heterocycles. The number of pyridine rings is 1. The molecule has 0 unspecified atom stereocenters. The first-order chi connectivity index (χ1) is 13.3. The van der Waals surface area contributed by atoms with Gasteiger partial charge in [-0.15, -0.1) is 0 Å². The minimum atomic E-state index is -0.199. The van der Waals surface area contributed by atoms with E-state index >= 15 is 0 Å². The van der Waals surface area contributed by atoms with Crippen molar-refractivity contribution in [2.45, 2.75) is 0 Å². The van der Waals surface area contributed by atoms with Crippen LogP contribution in [0.4, 0.5) is 5.82 Å². The van der Waals surface area contributed by atoms with Crippen molar-refractivity contribution in [1.82, 2.24) is 14.8 Å². The zero-order valence-corrected chi connectivity index (χ0v) is 14.9. The van der Waals surface area contributed by atoms with Gasteiger partial charge < -0.3 is 9.64 Å². The summed E-state index contributed by atoms with van der Waals surface area (Å²) in [5, 5.41) is 4.34. The third kappa shape index (κ3) is 4.12. The molecular weight excluding hydrogens is 340 g/mol. The highest BCUT2D eigenvalue weighted by atomic mass is 16.5. The predicted octanol–water partition coefficient (Wildman–Crippen LogP) is 2.97. The lowest BCUT2D eigenvalue weighted by Crippen LogP contribution is -2.36. The molecule has 0 amide bonds. The van der Waals surface area contributed by atoms with Crippen LogP contribution in [0.2, 0.25) is 0 Å². The van der Waals surface area contributed by atoms with Crippen LogP contribution in [0.15, 0.2) is 60.9 Å². The van der Waals surface area contributed by atoms with Gasteiger partial charge in [-0.2, -0.15) is 5.10 Å². The molecule has 0 spiro atoms. The molecule has 0 saturated carbocycles. The Kier molecular flexibility index (Phi) is 5.07. The van der Waals surface area contributed by atoms with E-state index in [0.717, 1.165) is 30.2 Å². The zero-order chi connectivity index (χ0) is 18.5. The molecule has 27 heavy (non-hydrogen) atoms. The van der Waals surface area contributed by atoms with Crippen LogP contribution in [-0.2, 0) is 4.74 Å². The maximum atomic E-state index is 12.6. The summed E-state index contributed by atoms with van der Waals surface area (Å²) in [7, 11) is 0. The number of carbonyl (C=O) groups is 1. The third-order valence-corrected chi connectivity index (χ3v) is 4.39. The highest BCUT2D eigenvalue weighted by molar-refractivity contribution is 5.95. The number of ether oxygens (including phenoxy) is 1. The fourth-order valence-electron chi connectivity index (χ4n) is 2.91. The van der Waals surface area contributed by atoms with E-state index < -0.39 is 0 Å². The minimum absolute atomic E-state index is 0.199. The quantitative estimate of drug-likeness (QED) is 0.716. The predicted molar refractivity (Wildman–Crippen MR) is 105 cm³/mol. The van der Waals surface area contributed by atoms with Gasteiger partial charge >= 0.3 is 0 Å². The first-order valence-corrected chi connectivity index (χ1v) is 8.92. The molecule has 4 rings (SSSR count). The van der Waals surface area contributed by atoms with Crippen LogP contribution in [0, 0.1) is 0 Å². The van der Waals surface area contributed by atoms with Gasteiger partial charge in [-0.05, 0) is 29.8 Å². The van der Waals surface area contributed by atoms with Gasteiger partial charge in [0.15, 0.2) is 0 Å². The van der Waals surface area contributed by atoms with E-state index in [1.165, 1.54) is 4.68 Å². The summed E-state index contributed by atoms with van der Waals surface area (Å²) in [6, 6.07) is 15.4. The summed E-state index contributed by atoms with van der Waals surface area (Å²) >= 11 is 0. The van der Waals surface area contributed by atoms with Crippen LogP contribution in [0.1, 0.15) is 21.6 Å². The first-order valence-electron chi connectivity index (χ1n) is 8.92. The Morgan fingerprint density at radius 2 is 1.81 bits per heavy atom. The molecular formula is C21H20N4O2. The summed E-state index contributed by atoms with van der Waals surface area (Å²) in [6.07, 6.45) is 7.13. The molecule has 1 aromatic carbocycles. The molecule has 0 bridgehead atoms. The van der Waals surface area contributed by atoms with Crippen molar-refractivity contribution in [1.29, 1.82) is 0 Å². The van der Waals surface area contributed by atoms with Gasteiger partial charge in [-0.3, -0.25) is 4.79 Å². The van der Waals surface area contributed by atoms with E-state index in [1.807, 2.05) is 54.6 Å². The van der Waals surface area contributed by atoms with Crippen LogP contribution >= 0.6 is 0 Å². The van der Waals surface area contributed by atoms with Gasteiger partial charge in [-0.25, -0.2) is 9.67 Å². The summed E-state index contributed by atoms with van der Waals surface area (Å²) in [5.74, 6) is 0.664. The van der Waals surface area contributed by atoms with E-state index in [2.05, 4.69) is 15.0 Å². The average Bonchev–Trinajstić information content (AvgIpc) is 3.22. The average molecular weight is 360 g/mol. The smallest absolute Gasteiger partial charge is 0.279 e. The van der Waals surface area contributed by atoms with Gasteiger partial charge in [-0.1, -0.05) is 36.4 Å². The van der Waals surface area contributed by atoms with Crippen molar-refractivity contribution in [2.24, 2.45) is 0 Å². The van der Waals surface area contributed by atoms with Crippen LogP contribution in [0.5, 0.6) is 0 Å². The lowest BCUT2D eigenvalue weighted by Gasteiger charge is -2.27. The maximum absolute atomic E-state index is 12.6. The highest BCUT2D eigenvalue weighted by Crippen LogP contribution is 2.14. The van der Waals surface area contributed by atoms with Crippen LogP contribution in [0.3, 0.4) is 0 Å². The van der Waals surface area contributed by atoms with Gasteiger partial charge in [0, 0.05) is 25.5 Å². The zero-order valence-electron chi connectivity index (χ0n) is 14.9. The normalized spacial score (nSPS) is 14.6. The summed E-state index contributed by atoms with van der Waals surface area (Å²) in [5.41, 5.74) is 2.32. The van der Waals surface area contributed by atoms with Crippen LogP contribution in [-0.4, -0.2) is 47.0 Å². The van der Waals surface area contributed by atoms with Gasteiger partial charge in [0.1, 0.15) is 5.82 Å². The number of carbonyl (C=O) groups excluding carboxylic acids is 1. The number of rotatable bonds is 4. The largest absolute Gasteiger partial charge is 0.378 e. The fourth-order valence-corrected chi connectivity index (χ4v) is 2.91. The Morgan fingerprint density at radius 1 is 1.00 bits per heavy atom. The van der Waals surface area contributed by atoms with Crippen molar-refractivity contribution in [3.05, 3.63) is 77.7 Å². The molecule has 0 radical (unpaired) electrons. The van der Waals surface area contributed by atoms with Gasteiger partial charge in [0.05, 0.1) is 24.5 Å². The Balaban J connectivity index is 1.45. The van der Waals surface area contributed by atoms with E-state index in [4.69, 9.17) is 4.74 Å². The monoisotopic (exact) mass is 360 g/mol. The Bertz CT molecular complexity index is 926. The minimum Gasteiger partial charge on any atom is -0.378 e. The van der Waals surface area contributed by atoms with Crippen molar-refractivity contribution >= 4 is 23.9 Å². The Morgan fingerprint density at radius 3 is 2.56 bits per heavy atom. The number of hydrogen-bond acceptors (Lipinski definition) is 5. The Labute approximate surface area is 157 Å². The van der Waals surface area contributed by atoms with Crippen molar-refractivity contribution in [3.8, 4) is 0 Å². The number of nitrogens with zero attached hydrogens (tertiary/aromatic N) is 4. The van der Waals surface area contributed by atoms with E-state index in [-0.39, 0.29) is 5.91 Å². The van der Waals surface area contributed by atoms with Crippen molar-refractivity contribution in [3.63, 3.8) is 0 Å². The second kappa shape index (κ2) is 7.97. The lowest BCUT2D eigenvalue weighted by atomic mass is 10.2. The van der Waals surface area contributed by atoms with Crippen molar-refractivity contribution in [2.75, 3.05) is 31.2 Å². The number of aromatic nitrogens is 3. The molecule has 136 valence electrons. The molecule has 0 N–H and O–H groups in total. The van der Waals surface area contributed by atoms with E-state index in [0.29, 0.717) is 18.8 Å². The summed E-state index contributed by atoms with van der Waals surface area (Å²) in [4.78, 5) is 19.2. The second-order valence-electron chi connectivity index (χ2n) is 6.24. The van der Waals surface area contributed by atoms with E-state index in [1.54, 1.807) is 18.5 Å². The molecule has 6 nitrogen and oxygen atoms in total. The third-order valence-electron chi connectivity index (χ3n) is 4.39. The topological polar surface area (TPSA) is 60.3 Å². The van der Waals surface area contributed by atoms with Crippen molar-refractivity contribution < 1.29 is 9.53 Å². The lowest BCUT2D eigenvalue weighted by molar-refractivity contribution is 0.0944. The molecule has 1 fully saturated rings. The molecule has 2 aromatic heterocycles. The SMILES string of the molecule is O=C(c1ccc(N2CCOCC2)nc1)n1ccc(/C=C/c2ccccc2)n1. The fraction of sp³-hybridized carbons (Fsp3) is 0.190. The standard InChI is InChI=1S/C21H20N4O2/c26-21(18-7-9-20(22-16-18)24-12-14-27-15-13-24)25-11-10-19(23-25)8-6-17-4-2-1-3-5-17/h1-11,16H,12-15H2/b8-6+. The number of morpholine rings is 1. The van der Waals surface area contributed by atoms with E-state index in [9.17, 15) is 4.79 Å². The molecule has 0 aliphatic carbocycles. The molecule has 0 atom stereocenters. The Hall–Kier alpha value is -3.25. The first kappa shape index (κ1) is 17.2. The molecule has 1 aliphatic rings. The van der Waals surface area contributed by atoms with Gasteiger partial charge in [0.25, 0.3) is 5.91 Å². The summed E-state index contributed by atoms with van der Waals surface area (Å²) in [6.45, 7) is 3.04. The molecule has 6 heteroatoms. The van der Waals surface area contributed by atoms with Gasteiger partial charge in [0.2, 0.25) is 0 Å². The highest BCUT2D eigenvalue weighted by Gasteiger charge is 2.14. The van der Waals surface area contributed by atoms with Crippen LogP contribution in [0.25, 0.3) is 12.2 Å². The molecule has 3 heterocycles. The maximum Gasteiger partial charge on any atom is 0.279 e. The van der Waals surface area contributed by atoms with Crippen LogP contribution < -0.4 is 4.90 Å². The molecule has 1 saturated heterocycles. The number of anilines is 1. The number of hydrogen-bond donors (Lipinski definition) is 0. The molecule has 3 aromatic rings. The number of benzene rings is 1. The second-order valence-corrected chi connectivity index (χ2v) is 6.24. The summed E-state index contributed by atoms with van der Waals surface area (Å²) < 4.78 is 6.69.